The van der Waals surface area contributed by atoms with Gasteiger partial charge in [0.1, 0.15) is 6.33 Å². The molecule has 0 aliphatic carbocycles. The van der Waals surface area contributed by atoms with Gasteiger partial charge in [0.25, 0.3) is 5.91 Å². The summed E-state index contributed by atoms with van der Waals surface area (Å²) >= 11 is 0. The van der Waals surface area contributed by atoms with E-state index in [9.17, 15) is 4.79 Å². The molecule has 0 spiro atoms. The van der Waals surface area contributed by atoms with Crippen LogP contribution in [0.4, 0.5) is 0 Å². The number of fused-ring (bicyclic) bond motifs is 1. The highest BCUT2D eigenvalue weighted by Gasteiger charge is 2.19. The van der Waals surface area contributed by atoms with Gasteiger partial charge in [-0.2, -0.15) is 0 Å². The molecule has 2 aromatic heterocycles. The third kappa shape index (κ3) is 2.72. The van der Waals surface area contributed by atoms with Gasteiger partial charge in [-0.15, -0.1) is 0 Å². The molecule has 4 rings (SSSR count). The molecule has 0 saturated carbocycles. The number of benzene rings is 1. The molecule has 0 unspecified atom stereocenters. The zero-order chi connectivity index (χ0) is 16.4. The molecule has 6 nitrogen and oxygen atoms in total. The second kappa shape index (κ2) is 6.33. The summed E-state index contributed by atoms with van der Waals surface area (Å²) in [7, 11) is 0. The molecule has 120 valence electrons. The van der Waals surface area contributed by atoms with Gasteiger partial charge in [0, 0.05) is 48.2 Å². The monoisotopic (exact) mass is 320 g/mol. The van der Waals surface area contributed by atoms with Crippen LogP contribution >= 0.6 is 0 Å². The van der Waals surface area contributed by atoms with E-state index in [4.69, 9.17) is 4.74 Å². The van der Waals surface area contributed by atoms with E-state index in [1.165, 1.54) is 6.33 Å². The van der Waals surface area contributed by atoms with E-state index in [1.807, 2.05) is 29.2 Å². The lowest BCUT2D eigenvalue weighted by molar-refractivity contribution is 0.0303. The minimum Gasteiger partial charge on any atom is -0.378 e. The van der Waals surface area contributed by atoms with Crippen molar-refractivity contribution in [2.24, 2.45) is 0 Å². The number of nitrogens with zero attached hydrogens (tertiary/aromatic N) is 4. The van der Waals surface area contributed by atoms with Gasteiger partial charge in [-0.25, -0.2) is 9.97 Å². The lowest BCUT2D eigenvalue weighted by Gasteiger charge is -2.27. The standard InChI is InChI=1S/C18H16N4O2/c23-18(22-5-7-24-8-6-22)13-1-2-17-16(9-13)15(3-4-21-17)14-10-19-12-20-11-14/h1-4,9-12H,5-8H2. The first-order chi connectivity index (χ1) is 11.8. The molecule has 0 N–H and O–H groups in total. The minimum absolute atomic E-state index is 0.0271. The number of rotatable bonds is 2. The van der Waals surface area contributed by atoms with Crippen LogP contribution in [0, 0.1) is 0 Å². The summed E-state index contributed by atoms with van der Waals surface area (Å²) < 4.78 is 5.32. The fraction of sp³-hybridized carbons (Fsp3) is 0.222. The number of morpholine rings is 1. The molecule has 3 heterocycles. The molecule has 1 aromatic carbocycles. The Hall–Kier alpha value is -2.86. The Bertz CT molecular complexity index is 877. The van der Waals surface area contributed by atoms with Crippen molar-refractivity contribution in [1.82, 2.24) is 19.9 Å². The second-order valence-corrected chi connectivity index (χ2v) is 5.62. The Morgan fingerprint density at radius 1 is 1.08 bits per heavy atom. The van der Waals surface area contributed by atoms with E-state index in [0.29, 0.717) is 31.9 Å². The first-order valence-electron chi connectivity index (χ1n) is 7.84. The predicted molar refractivity (Wildman–Crippen MR) is 89.5 cm³/mol. The molecular formula is C18H16N4O2. The van der Waals surface area contributed by atoms with Crippen molar-refractivity contribution in [3.8, 4) is 11.1 Å². The summed E-state index contributed by atoms with van der Waals surface area (Å²) in [6, 6.07) is 7.54. The van der Waals surface area contributed by atoms with Crippen LogP contribution in [0.25, 0.3) is 22.0 Å². The second-order valence-electron chi connectivity index (χ2n) is 5.62. The van der Waals surface area contributed by atoms with Gasteiger partial charge in [0.15, 0.2) is 0 Å². The summed E-state index contributed by atoms with van der Waals surface area (Å²) in [4.78, 5) is 27.1. The van der Waals surface area contributed by atoms with Crippen molar-refractivity contribution in [2.75, 3.05) is 26.3 Å². The molecule has 3 aromatic rings. The third-order valence-electron chi connectivity index (χ3n) is 4.16. The SMILES string of the molecule is O=C(c1ccc2nccc(-c3cncnc3)c2c1)N1CCOCC1. The van der Waals surface area contributed by atoms with E-state index in [1.54, 1.807) is 18.6 Å². The summed E-state index contributed by atoms with van der Waals surface area (Å²) in [6.07, 6.45) is 6.78. The first-order valence-corrected chi connectivity index (χ1v) is 7.84. The fourth-order valence-corrected chi connectivity index (χ4v) is 2.92. The highest BCUT2D eigenvalue weighted by molar-refractivity contribution is 6.01. The smallest absolute Gasteiger partial charge is 0.254 e. The lowest BCUT2D eigenvalue weighted by atomic mass is 10.0. The third-order valence-corrected chi connectivity index (χ3v) is 4.16. The fourth-order valence-electron chi connectivity index (χ4n) is 2.92. The van der Waals surface area contributed by atoms with Gasteiger partial charge in [0.2, 0.25) is 0 Å². The van der Waals surface area contributed by atoms with Gasteiger partial charge in [0.05, 0.1) is 18.7 Å². The van der Waals surface area contributed by atoms with E-state index in [-0.39, 0.29) is 5.91 Å². The molecule has 24 heavy (non-hydrogen) atoms. The van der Waals surface area contributed by atoms with Crippen molar-refractivity contribution in [3.05, 3.63) is 54.7 Å². The molecule has 0 bridgehead atoms. The topological polar surface area (TPSA) is 68.2 Å². The average Bonchev–Trinajstić information content (AvgIpc) is 2.68. The number of aromatic nitrogens is 3. The number of carbonyl (C=O) groups excluding carboxylic acids is 1. The zero-order valence-corrected chi connectivity index (χ0v) is 13.1. The molecule has 0 atom stereocenters. The number of hydrogen-bond acceptors (Lipinski definition) is 5. The predicted octanol–water partition coefficient (Wildman–Crippen LogP) is 2.16. The van der Waals surface area contributed by atoms with Crippen LogP contribution in [0.15, 0.2) is 49.2 Å². The average molecular weight is 320 g/mol. The van der Waals surface area contributed by atoms with Crippen LogP contribution in [0.3, 0.4) is 0 Å². The van der Waals surface area contributed by atoms with Crippen LogP contribution in [0.5, 0.6) is 0 Å². The number of amides is 1. The lowest BCUT2D eigenvalue weighted by Crippen LogP contribution is -2.40. The van der Waals surface area contributed by atoms with Crippen LogP contribution in [-0.4, -0.2) is 52.1 Å². The van der Waals surface area contributed by atoms with Gasteiger partial charge < -0.3 is 9.64 Å². The molecule has 1 aliphatic rings. The maximum Gasteiger partial charge on any atom is 0.254 e. The maximum atomic E-state index is 12.7. The van der Waals surface area contributed by atoms with Crippen molar-refractivity contribution < 1.29 is 9.53 Å². The Kier molecular flexibility index (Phi) is 3.88. The molecule has 1 amide bonds. The van der Waals surface area contributed by atoms with Crippen molar-refractivity contribution >= 4 is 16.8 Å². The van der Waals surface area contributed by atoms with Crippen LogP contribution in [0.1, 0.15) is 10.4 Å². The van der Waals surface area contributed by atoms with Gasteiger partial charge >= 0.3 is 0 Å². The summed E-state index contributed by atoms with van der Waals surface area (Å²) in [5.74, 6) is 0.0271. The maximum absolute atomic E-state index is 12.7. The van der Waals surface area contributed by atoms with Crippen LogP contribution < -0.4 is 0 Å². The molecule has 1 fully saturated rings. The highest BCUT2D eigenvalue weighted by Crippen LogP contribution is 2.27. The van der Waals surface area contributed by atoms with Crippen LogP contribution in [0.2, 0.25) is 0 Å². The van der Waals surface area contributed by atoms with Gasteiger partial charge in [-0.1, -0.05) is 0 Å². The molecule has 1 saturated heterocycles. The van der Waals surface area contributed by atoms with Gasteiger partial charge in [-0.05, 0) is 29.8 Å². The summed E-state index contributed by atoms with van der Waals surface area (Å²) in [5, 5.41) is 0.923. The summed E-state index contributed by atoms with van der Waals surface area (Å²) in [6.45, 7) is 2.44. The largest absolute Gasteiger partial charge is 0.378 e. The van der Waals surface area contributed by atoms with E-state index in [0.717, 1.165) is 22.0 Å². The minimum atomic E-state index is 0.0271. The van der Waals surface area contributed by atoms with Crippen LogP contribution in [-0.2, 0) is 4.74 Å². The summed E-state index contributed by atoms with van der Waals surface area (Å²) in [5.41, 5.74) is 3.38. The Morgan fingerprint density at radius 3 is 2.67 bits per heavy atom. The number of ether oxygens (including phenoxy) is 1. The molecule has 0 radical (unpaired) electrons. The number of hydrogen-bond donors (Lipinski definition) is 0. The number of pyridine rings is 1. The van der Waals surface area contributed by atoms with Crippen molar-refractivity contribution in [1.29, 1.82) is 0 Å². The first kappa shape index (κ1) is 14.7. The molecular weight excluding hydrogens is 304 g/mol. The van der Waals surface area contributed by atoms with E-state index < -0.39 is 0 Å². The normalized spacial score (nSPS) is 14.8. The van der Waals surface area contributed by atoms with Crippen molar-refractivity contribution in [2.45, 2.75) is 0 Å². The number of carbonyl (C=O) groups is 1. The zero-order valence-electron chi connectivity index (χ0n) is 13.1. The Labute approximate surface area is 139 Å². The van der Waals surface area contributed by atoms with Crippen molar-refractivity contribution in [3.63, 3.8) is 0 Å². The highest BCUT2D eigenvalue weighted by atomic mass is 16.5. The van der Waals surface area contributed by atoms with Gasteiger partial charge in [-0.3, -0.25) is 9.78 Å². The van der Waals surface area contributed by atoms with E-state index in [2.05, 4.69) is 15.0 Å². The van der Waals surface area contributed by atoms with E-state index >= 15 is 0 Å². The quantitative estimate of drug-likeness (QED) is 0.724. The Balaban J connectivity index is 1.78. The molecule has 6 heteroatoms. The Morgan fingerprint density at radius 2 is 1.88 bits per heavy atom. The molecule has 1 aliphatic heterocycles.